The molecule has 1 unspecified atom stereocenters. The molecule has 15 heavy (non-hydrogen) atoms. The molecule has 0 fully saturated rings. The van der Waals surface area contributed by atoms with E-state index in [9.17, 15) is 4.79 Å². The predicted molar refractivity (Wildman–Crippen MR) is 66.9 cm³/mol. The number of Topliss-reactive ketones (excluding diaryl/α,β-unsaturated/α-hetero) is 1. The van der Waals surface area contributed by atoms with E-state index in [4.69, 9.17) is 0 Å². The highest BCUT2D eigenvalue weighted by Gasteiger charge is 2.18. The smallest absolute Gasteiger partial charge is 0.136 e. The zero-order chi connectivity index (χ0) is 11.8. The molecule has 0 aromatic heterocycles. The summed E-state index contributed by atoms with van der Waals surface area (Å²) in [5.74, 6) is 1.14. The van der Waals surface area contributed by atoms with Crippen LogP contribution in [-0.4, -0.2) is 5.78 Å². The molecule has 0 saturated carbocycles. The molecule has 0 amide bonds. The Morgan fingerprint density at radius 2 is 1.87 bits per heavy atom. The number of hydrogen-bond donors (Lipinski definition) is 0. The molecule has 0 aromatic carbocycles. The van der Waals surface area contributed by atoms with Gasteiger partial charge in [-0.05, 0) is 25.7 Å². The summed E-state index contributed by atoms with van der Waals surface area (Å²) in [6.45, 7) is 12.3. The van der Waals surface area contributed by atoms with Crippen molar-refractivity contribution in [3.05, 3.63) is 12.2 Å². The highest BCUT2D eigenvalue weighted by Crippen LogP contribution is 2.21. The number of hydrogen-bond acceptors (Lipinski definition) is 1. The van der Waals surface area contributed by atoms with Crippen molar-refractivity contribution in [2.75, 3.05) is 0 Å². The maximum Gasteiger partial charge on any atom is 0.136 e. The molecule has 1 heteroatoms. The molecule has 0 spiro atoms. The van der Waals surface area contributed by atoms with Crippen molar-refractivity contribution in [1.29, 1.82) is 0 Å². The standard InChI is InChI=1S/C14H26O/c1-6-7-8-13(9-11(2)3)14(15)10-12(4)5/h12-13H,2,6-10H2,1,3-5H3. The fourth-order valence-corrected chi connectivity index (χ4v) is 1.82. The summed E-state index contributed by atoms with van der Waals surface area (Å²) >= 11 is 0. The van der Waals surface area contributed by atoms with Gasteiger partial charge in [0.2, 0.25) is 0 Å². The van der Waals surface area contributed by atoms with Gasteiger partial charge in [0.15, 0.2) is 0 Å². The van der Waals surface area contributed by atoms with Crippen molar-refractivity contribution < 1.29 is 4.79 Å². The first-order valence-electron chi connectivity index (χ1n) is 6.14. The SMILES string of the molecule is C=C(C)CC(CCCC)C(=O)CC(C)C. The summed E-state index contributed by atoms with van der Waals surface area (Å²) in [6.07, 6.45) is 4.96. The van der Waals surface area contributed by atoms with Gasteiger partial charge >= 0.3 is 0 Å². The first kappa shape index (κ1) is 14.4. The number of unbranched alkanes of at least 4 members (excludes halogenated alkanes) is 1. The molecule has 0 aliphatic carbocycles. The topological polar surface area (TPSA) is 17.1 Å². The average Bonchev–Trinajstić information content (AvgIpc) is 2.10. The van der Waals surface area contributed by atoms with Crippen molar-refractivity contribution in [2.24, 2.45) is 11.8 Å². The van der Waals surface area contributed by atoms with Crippen LogP contribution < -0.4 is 0 Å². The van der Waals surface area contributed by atoms with Crippen molar-refractivity contribution in [2.45, 2.75) is 59.8 Å². The third-order valence-electron chi connectivity index (χ3n) is 2.57. The van der Waals surface area contributed by atoms with Crippen LogP contribution >= 0.6 is 0 Å². The molecule has 0 aliphatic rings. The molecule has 0 aliphatic heterocycles. The summed E-state index contributed by atoms with van der Waals surface area (Å²) in [7, 11) is 0. The van der Waals surface area contributed by atoms with Crippen LogP contribution in [0.25, 0.3) is 0 Å². The van der Waals surface area contributed by atoms with Crippen molar-refractivity contribution in [3.63, 3.8) is 0 Å². The van der Waals surface area contributed by atoms with Crippen LogP contribution in [0.2, 0.25) is 0 Å². The first-order valence-corrected chi connectivity index (χ1v) is 6.14. The molecular weight excluding hydrogens is 184 g/mol. The molecule has 0 radical (unpaired) electrons. The van der Waals surface area contributed by atoms with E-state index in [1.807, 2.05) is 6.92 Å². The van der Waals surface area contributed by atoms with Gasteiger partial charge in [-0.15, -0.1) is 6.58 Å². The monoisotopic (exact) mass is 210 g/mol. The Kier molecular flexibility index (Phi) is 7.37. The zero-order valence-corrected chi connectivity index (χ0v) is 10.8. The number of rotatable bonds is 8. The molecule has 0 rings (SSSR count). The average molecular weight is 210 g/mol. The summed E-state index contributed by atoms with van der Waals surface area (Å²) < 4.78 is 0. The third-order valence-corrected chi connectivity index (χ3v) is 2.57. The van der Waals surface area contributed by atoms with Gasteiger partial charge in [-0.25, -0.2) is 0 Å². The molecule has 0 N–H and O–H groups in total. The fraction of sp³-hybridized carbons (Fsp3) is 0.786. The van der Waals surface area contributed by atoms with Gasteiger partial charge in [-0.3, -0.25) is 4.79 Å². The number of allylic oxidation sites excluding steroid dienone is 1. The predicted octanol–water partition coefficient (Wildman–Crippen LogP) is 4.37. The fourth-order valence-electron chi connectivity index (χ4n) is 1.82. The van der Waals surface area contributed by atoms with Crippen LogP contribution in [0.3, 0.4) is 0 Å². The lowest BCUT2D eigenvalue weighted by Gasteiger charge is -2.16. The van der Waals surface area contributed by atoms with Crippen LogP contribution in [-0.2, 0) is 4.79 Å². The van der Waals surface area contributed by atoms with Crippen LogP contribution in [0.5, 0.6) is 0 Å². The Hall–Kier alpha value is -0.590. The summed E-state index contributed by atoms with van der Waals surface area (Å²) in [5, 5.41) is 0. The largest absolute Gasteiger partial charge is 0.299 e. The minimum Gasteiger partial charge on any atom is -0.299 e. The molecule has 0 saturated heterocycles. The maximum absolute atomic E-state index is 12.0. The van der Waals surface area contributed by atoms with Gasteiger partial charge in [0.1, 0.15) is 5.78 Å². The first-order chi connectivity index (χ1) is 6.97. The van der Waals surface area contributed by atoms with Crippen LogP contribution in [0.15, 0.2) is 12.2 Å². The van der Waals surface area contributed by atoms with Crippen LogP contribution in [0.1, 0.15) is 59.8 Å². The minimum atomic E-state index is 0.227. The molecule has 0 bridgehead atoms. The van der Waals surface area contributed by atoms with Crippen LogP contribution in [0.4, 0.5) is 0 Å². The van der Waals surface area contributed by atoms with Gasteiger partial charge in [0.25, 0.3) is 0 Å². The normalized spacial score (nSPS) is 12.9. The van der Waals surface area contributed by atoms with Gasteiger partial charge in [0, 0.05) is 12.3 Å². The highest BCUT2D eigenvalue weighted by molar-refractivity contribution is 5.81. The summed E-state index contributed by atoms with van der Waals surface area (Å²) in [4.78, 5) is 12.0. The zero-order valence-electron chi connectivity index (χ0n) is 10.8. The van der Waals surface area contributed by atoms with E-state index >= 15 is 0 Å². The van der Waals surface area contributed by atoms with E-state index in [0.29, 0.717) is 11.7 Å². The number of carbonyl (C=O) groups is 1. The van der Waals surface area contributed by atoms with Gasteiger partial charge in [-0.2, -0.15) is 0 Å². The van der Waals surface area contributed by atoms with E-state index in [-0.39, 0.29) is 5.92 Å². The molecule has 0 aromatic rings. The van der Waals surface area contributed by atoms with Gasteiger partial charge in [-0.1, -0.05) is 39.2 Å². The van der Waals surface area contributed by atoms with E-state index < -0.39 is 0 Å². The van der Waals surface area contributed by atoms with Crippen molar-refractivity contribution in [1.82, 2.24) is 0 Å². The van der Waals surface area contributed by atoms with Crippen molar-refractivity contribution in [3.8, 4) is 0 Å². The molecule has 88 valence electrons. The molecule has 1 atom stereocenters. The maximum atomic E-state index is 12.0. The second kappa shape index (κ2) is 7.67. The van der Waals surface area contributed by atoms with Crippen molar-refractivity contribution >= 4 is 5.78 Å². The highest BCUT2D eigenvalue weighted by atomic mass is 16.1. The van der Waals surface area contributed by atoms with Gasteiger partial charge in [0.05, 0.1) is 0 Å². The minimum absolute atomic E-state index is 0.227. The molecular formula is C14H26O. The van der Waals surface area contributed by atoms with E-state index in [1.165, 1.54) is 6.42 Å². The lowest BCUT2D eigenvalue weighted by atomic mass is 9.87. The number of carbonyl (C=O) groups excluding carboxylic acids is 1. The van der Waals surface area contributed by atoms with E-state index in [0.717, 1.165) is 31.3 Å². The lowest BCUT2D eigenvalue weighted by Crippen LogP contribution is -2.16. The number of ketones is 1. The Balaban J connectivity index is 4.20. The summed E-state index contributed by atoms with van der Waals surface area (Å²) in [5.41, 5.74) is 1.13. The lowest BCUT2D eigenvalue weighted by molar-refractivity contribution is -0.123. The van der Waals surface area contributed by atoms with E-state index in [2.05, 4.69) is 27.4 Å². The Bertz CT molecular complexity index is 203. The van der Waals surface area contributed by atoms with E-state index in [1.54, 1.807) is 0 Å². The van der Waals surface area contributed by atoms with Crippen LogP contribution in [0, 0.1) is 11.8 Å². The Morgan fingerprint density at radius 3 is 2.27 bits per heavy atom. The Labute approximate surface area is 95.0 Å². The molecule has 0 heterocycles. The molecule has 1 nitrogen and oxygen atoms in total. The third kappa shape index (κ3) is 7.35. The second-order valence-electron chi connectivity index (χ2n) is 5.06. The summed E-state index contributed by atoms with van der Waals surface area (Å²) in [6, 6.07) is 0. The van der Waals surface area contributed by atoms with Gasteiger partial charge < -0.3 is 0 Å². The second-order valence-corrected chi connectivity index (χ2v) is 5.06. The Morgan fingerprint density at radius 1 is 1.27 bits per heavy atom. The quantitative estimate of drug-likeness (QED) is 0.543.